The van der Waals surface area contributed by atoms with Gasteiger partial charge in [-0.1, -0.05) is 13.0 Å². The standard InChI is InChI=1S/C16H20FNO3/c1-3-16(15(20)21)6-8-18(9-7-16)14(19)12-5-4-11(2)10-13(12)17/h4-5,10H,3,6-9H2,1-2H3,(H,20,21). The van der Waals surface area contributed by atoms with E-state index in [0.29, 0.717) is 32.4 Å². The van der Waals surface area contributed by atoms with Gasteiger partial charge in [0.1, 0.15) is 5.82 Å². The monoisotopic (exact) mass is 293 g/mol. The summed E-state index contributed by atoms with van der Waals surface area (Å²) in [5.41, 5.74) is 0.0706. The van der Waals surface area contributed by atoms with Crippen LogP contribution < -0.4 is 0 Å². The van der Waals surface area contributed by atoms with Crippen LogP contribution in [-0.4, -0.2) is 35.0 Å². The van der Waals surface area contributed by atoms with Crippen molar-refractivity contribution in [2.75, 3.05) is 13.1 Å². The summed E-state index contributed by atoms with van der Waals surface area (Å²) >= 11 is 0. The topological polar surface area (TPSA) is 57.6 Å². The van der Waals surface area contributed by atoms with Gasteiger partial charge in [-0.25, -0.2) is 4.39 Å². The van der Waals surface area contributed by atoms with Crippen molar-refractivity contribution in [2.24, 2.45) is 5.41 Å². The van der Waals surface area contributed by atoms with Gasteiger partial charge >= 0.3 is 5.97 Å². The molecule has 0 unspecified atom stereocenters. The Hall–Kier alpha value is -1.91. The normalized spacial score (nSPS) is 17.6. The fourth-order valence-electron chi connectivity index (χ4n) is 2.82. The summed E-state index contributed by atoms with van der Waals surface area (Å²) in [6, 6.07) is 4.53. The van der Waals surface area contributed by atoms with Crippen LogP contribution in [0.3, 0.4) is 0 Å². The van der Waals surface area contributed by atoms with Crippen molar-refractivity contribution in [2.45, 2.75) is 33.1 Å². The van der Waals surface area contributed by atoms with Crippen molar-refractivity contribution in [3.63, 3.8) is 0 Å². The maximum Gasteiger partial charge on any atom is 0.309 e. The summed E-state index contributed by atoms with van der Waals surface area (Å²) < 4.78 is 13.9. The second kappa shape index (κ2) is 5.84. The summed E-state index contributed by atoms with van der Waals surface area (Å²) in [4.78, 5) is 25.3. The summed E-state index contributed by atoms with van der Waals surface area (Å²) in [6.07, 6.45) is 1.37. The quantitative estimate of drug-likeness (QED) is 0.932. The van der Waals surface area contributed by atoms with Crippen LogP contribution in [0.15, 0.2) is 18.2 Å². The van der Waals surface area contributed by atoms with E-state index in [9.17, 15) is 19.1 Å². The molecule has 1 saturated heterocycles. The van der Waals surface area contributed by atoms with Crippen LogP contribution in [0.4, 0.5) is 4.39 Å². The van der Waals surface area contributed by atoms with Gasteiger partial charge in [-0.2, -0.15) is 0 Å². The second-order valence-electron chi connectivity index (χ2n) is 5.71. The van der Waals surface area contributed by atoms with Crippen LogP contribution >= 0.6 is 0 Å². The van der Waals surface area contributed by atoms with Gasteiger partial charge in [-0.15, -0.1) is 0 Å². The summed E-state index contributed by atoms with van der Waals surface area (Å²) in [5, 5.41) is 9.34. The fraction of sp³-hybridized carbons (Fsp3) is 0.500. The molecule has 1 aliphatic rings. The number of carbonyl (C=O) groups excluding carboxylic acids is 1. The SMILES string of the molecule is CCC1(C(=O)O)CCN(C(=O)c2ccc(C)cc2F)CC1. The first-order valence-corrected chi connectivity index (χ1v) is 7.18. The van der Waals surface area contributed by atoms with Gasteiger partial charge in [-0.05, 0) is 43.9 Å². The Balaban J connectivity index is 2.12. The van der Waals surface area contributed by atoms with E-state index >= 15 is 0 Å². The first kappa shape index (κ1) is 15.5. The molecule has 0 saturated carbocycles. The van der Waals surface area contributed by atoms with Gasteiger partial charge in [0.2, 0.25) is 0 Å². The number of rotatable bonds is 3. The Morgan fingerprint density at radius 1 is 1.33 bits per heavy atom. The van der Waals surface area contributed by atoms with Crippen LogP contribution in [0.1, 0.15) is 42.1 Å². The lowest BCUT2D eigenvalue weighted by atomic mass is 9.76. The van der Waals surface area contributed by atoms with E-state index in [1.165, 1.54) is 12.1 Å². The predicted octanol–water partition coefficient (Wildman–Crippen LogP) is 2.85. The average molecular weight is 293 g/mol. The first-order chi connectivity index (χ1) is 9.89. The first-order valence-electron chi connectivity index (χ1n) is 7.18. The number of piperidine rings is 1. The number of aliphatic carboxylic acids is 1. The third-order valence-corrected chi connectivity index (χ3v) is 4.49. The largest absolute Gasteiger partial charge is 0.481 e. The number of likely N-dealkylation sites (tertiary alicyclic amines) is 1. The molecule has 1 aliphatic heterocycles. The summed E-state index contributed by atoms with van der Waals surface area (Å²) in [7, 11) is 0. The van der Waals surface area contributed by atoms with Crippen LogP contribution in [-0.2, 0) is 4.79 Å². The molecule has 4 nitrogen and oxygen atoms in total. The van der Waals surface area contributed by atoms with Crippen molar-refractivity contribution in [1.82, 2.24) is 4.90 Å². The van der Waals surface area contributed by atoms with E-state index in [0.717, 1.165) is 5.56 Å². The molecule has 0 atom stereocenters. The van der Waals surface area contributed by atoms with Crippen LogP contribution in [0.2, 0.25) is 0 Å². The number of carboxylic acids is 1. The van der Waals surface area contributed by atoms with E-state index in [-0.39, 0.29) is 11.5 Å². The number of hydrogen-bond acceptors (Lipinski definition) is 2. The highest BCUT2D eigenvalue weighted by atomic mass is 19.1. The molecule has 114 valence electrons. The Kier molecular flexibility index (Phi) is 4.30. The third kappa shape index (κ3) is 2.91. The zero-order valence-electron chi connectivity index (χ0n) is 12.4. The van der Waals surface area contributed by atoms with E-state index in [4.69, 9.17) is 0 Å². The maximum absolute atomic E-state index is 13.9. The predicted molar refractivity (Wildman–Crippen MR) is 76.6 cm³/mol. The molecule has 0 aliphatic carbocycles. The molecule has 0 radical (unpaired) electrons. The lowest BCUT2D eigenvalue weighted by molar-refractivity contribution is -0.152. The second-order valence-corrected chi connectivity index (χ2v) is 5.71. The number of aryl methyl sites for hydroxylation is 1. The van der Waals surface area contributed by atoms with Crippen LogP contribution in [0.5, 0.6) is 0 Å². The Morgan fingerprint density at radius 2 is 1.95 bits per heavy atom. The zero-order chi connectivity index (χ0) is 15.6. The minimum Gasteiger partial charge on any atom is -0.481 e. The molecule has 1 heterocycles. The van der Waals surface area contributed by atoms with E-state index < -0.39 is 17.2 Å². The number of amides is 1. The lowest BCUT2D eigenvalue weighted by Crippen LogP contribution is -2.46. The molecule has 21 heavy (non-hydrogen) atoms. The third-order valence-electron chi connectivity index (χ3n) is 4.49. The van der Waals surface area contributed by atoms with Gasteiger partial charge in [-0.3, -0.25) is 9.59 Å². The number of benzene rings is 1. The van der Waals surface area contributed by atoms with Crippen molar-refractivity contribution in [1.29, 1.82) is 0 Å². The van der Waals surface area contributed by atoms with Crippen LogP contribution in [0.25, 0.3) is 0 Å². The highest BCUT2D eigenvalue weighted by Crippen LogP contribution is 2.35. The zero-order valence-corrected chi connectivity index (χ0v) is 12.4. The highest BCUT2D eigenvalue weighted by Gasteiger charge is 2.41. The molecule has 1 fully saturated rings. The average Bonchev–Trinajstić information content (AvgIpc) is 2.46. The van der Waals surface area contributed by atoms with Crippen LogP contribution in [0, 0.1) is 18.2 Å². The molecular formula is C16H20FNO3. The fourth-order valence-corrected chi connectivity index (χ4v) is 2.82. The van der Waals surface area contributed by atoms with Gasteiger partial charge < -0.3 is 10.0 Å². The van der Waals surface area contributed by atoms with Gasteiger partial charge in [0.05, 0.1) is 11.0 Å². The number of hydrogen-bond donors (Lipinski definition) is 1. The molecule has 1 N–H and O–H groups in total. The molecule has 2 rings (SSSR count). The molecule has 0 spiro atoms. The van der Waals surface area contributed by atoms with Crippen molar-refractivity contribution in [3.05, 3.63) is 35.1 Å². The summed E-state index contributed by atoms with van der Waals surface area (Å²) in [6.45, 7) is 4.32. The highest BCUT2D eigenvalue weighted by molar-refractivity contribution is 5.94. The number of carboxylic acid groups (broad SMARTS) is 1. The molecule has 0 bridgehead atoms. The molecule has 0 aromatic heterocycles. The van der Waals surface area contributed by atoms with Gasteiger partial charge in [0.15, 0.2) is 0 Å². The molecule has 1 aromatic carbocycles. The van der Waals surface area contributed by atoms with E-state index in [1.807, 2.05) is 6.92 Å². The van der Waals surface area contributed by atoms with E-state index in [2.05, 4.69) is 0 Å². The molecule has 1 aromatic rings. The van der Waals surface area contributed by atoms with Crippen molar-refractivity contribution >= 4 is 11.9 Å². The van der Waals surface area contributed by atoms with Gasteiger partial charge in [0, 0.05) is 13.1 Å². The van der Waals surface area contributed by atoms with Gasteiger partial charge in [0.25, 0.3) is 5.91 Å². The van der Waals surface area contributed by atoms with Crippen molar-refractivity contribution < 1.29 is 19.1 Å². The van der Waals surface area contributed by atoms with E-state index in [1.54, 1.807) is 17.9 Å². The Morgan fingerprint density at radius 3 is 2.43 bits per heavy atom. The molecule has 5 heteroatoms. The van der Waals surface area contributed by atoms with Crippen molar-refractivity contribution in [3.8, 4) is 0 Å². The smallest absolute Gasteiger partial charge is 0.309 e. The number of nitrogens with zero attached hydrogens (tertiary/aromatic N) is 1. The molecule has 1 amide bonds. The maximum atomic E-state index is 13.9. The Bertz CT molecular complexity index is 563. The minimum absolute atomic E-state index is 0.0555. The number of carbonyl (C=O) groups is 2. The lowest BCUT2D eigenvalue weighted by Gasteiger charge is -2.38. The number of halogens is 1. The Labute approximate surface area is 123 Å². The molecular weight excluding hydrogens is 273 g/mol. The minimum atomic E-state index is -0.807. The summed E-state index contributed by atoms with van der Waals surface area (Å²) in [5.74, 6) is -1.69.